The van der Waals surface area contributed by atoms with E-state index in [1.54, 1.807) is 24.3 Å². The molecule has 2 heterocycles. The van der Waals surface area contributed by atoms with Crippen molar-refractivity contribution in [2.24, 2.45) is 4.99 Å². The second-order valence-electron chi connectivity index (χ2n) is 7.97. The molecule has 8 nitrogen and oxygen atoms in total. The van der Waals surface area contributed by atoms with E-state index in [2.05, 4.69) is 10.3 Å². The van der Waals surface area contributed by atoms with E-state index in [1.807, 2.05) is 60.3 Å². The number of rotatable bonds is 5. The zero-order valence-corrected chi connectivity index (χ0v) is 19.8. The molecule has 4 rings (SSSR count). The van der Waals surface area contributed by atoms with Gasteiger partial charge in [0.2, 0.25) is 0 Å². The van der Waals surface area contributed by atoms with Crippen molar-refractivity contribution in [2.45, 2.75) is 11.3 Å². The molecule has 2 aromatic carbocycles. The quantitative estimate of drug-likeness (QED) is 0.517. The summed E-state index contributed by atoms with van der Waals surface area (Å²) in [4.78, 5) is 20.8. The molecule has 0 saturated carbocycles. The molecular formula is C23H23N5O3S2. The molecule has 0 unspecified atom stereocenters. The summed E-state index contributed by atoms with van der Waals surface area (Å²) in [6.45, 7) is 0. The fourth-order valence-electron chi connectivity index (χ4n) is 3.77. The number of sulfone groups is 1. The molecule has 10 heteroatoms. The van der Waals surface area contributed by atoms with Crippen molar-refractivity contribution in [3.05, 3.63) is 66.4 Å². The number of nitrogens with zero attached hydrogens (tertiary/aromatic N) is 4. The largest absolute Gasteiger partial charge is 0.378 e. The highest BCUT2D eigenvalue weighted by atomic mass is 32.2. The van der Waals surface area contributed by atoms with E-state index in [9.17, 15) is 18.5 Å². The van der Waals surface area contributed by atoms with Crippen LogP contribution in [0.2, 0.25) is 0 Å². The summed E-state index contributed by atoms with van der Waals surface area (Å²) in [7, 11) is 0.760. The number of anilines is 3. The van der Waals surface area contributed by atoms with Crippen molar-refractivity contribution in [3.8, 4) is 6.07 Å². The van der Waals surface area contributed by atoms with Gasteiger partial charge in [-0.15, -0.1) is 0 Å². The van der Waals surface area contributed by atoms with Crippen LogP contribution in [0.15, 0.2) is 71.4 Å². The Balaban J connectivity index is 1.64. The summed E-state index contributed by atoms with van der Waals surface area (Å²) >= 11 is 1.37. The average Bonchev–Trinajstić information content (AvgIpc) is 3.25. The number of hydrogen-bond acceptors (Lipinski definition) is 7. The monoisotopic (exact) mass is 481 g/mol. The van der Waals surface area contributed by atoms with Crippen molar-refractivity contribution >= 4 is 49.7 Å². The number of para-hydroxylation sites is 1. The van der Waals surface area contributed by atoms with Crippen LogP contribution in [0.3, 0.4) is 0 Å². The first kappa shape index (κ1) is 22.9. The van der Waals surface area contributed by atoms with Gasteiger partial charge in [0.1, 0.15) is 11.6 Å². The van der Waals surface area contributed by atoms with Gasteiger partial charge in [-0.05, 0) is 36.4 Å². The molecule has 0 aliphatic carbocycles. The number of carbonyl (C=O) groups excluding carboxylic acids is 1. The third-order valence-electron chi connectivity index (χ3n) is 5.41. The van der Waals surface area contributed by atoms with Crippen molar-refractivity contribution < 1.29 is 13.2 Å². The summed E-state index contributed by atoms with van der Waals surface area (Å²) in [5, 5.41) is 12.6. The van der Waals surface area contributed by atoms with Gasteiger partial charge in [-0.25, -0.2) is 13.4 Å². The molecule has 2 aromatic rings. The average molecular weight is 482 g/mol. The maximum Gasteiger partial charge on any atom is 0.267 e. The van der Waals surface area contributed by atoms with Gasteiger partial charge < -0.3 is 15.1 Å². The molecule has 2 atom stereocenters. The van der Waals surface area contributed by atoms with Crippen LogP contribution in [0, 0.1) is 11.3 Å². The van der Waals surface area contributed by atoms with Gasteiger partial charge in [-0.2, -0.15) is 5.26 Å². The van der Waals surface area contributed by atoms with Gasteiger partial charge in [-0.3, -0.25) is 4.79 Å². The Hall–Kier alpha value is -3.29. The first-order valence-corrected chi connectivity index (χ1v) is 13.0. The number of thioether (sulfide) groups is 1. The number of carbonyl (C=O) groups is 1. The number of nitriles is 1. The second kappa shape index (κ2) is 9.29. The molecule has 0 spiro atoms. The summed E-state index contributed by atoms with van der Waals surface area (Å²) in [6.07, 6.45) is 1.25. The lowest BCUT2D eigenvalue weighted by atomic mass is 10.2. The molecule has 1 N–H and O–H groups in total. The Labute approximate surface area is 197 Å². The molecule has 0 radical (unpaired) electrons. The number of amidine groups is 1. The molecule has 170 valence electrons. The Morgan fingerprint density at radius 3 is 2.52 bits per heavy atom. The fraction of sp³-hybridized carbons (Fsp3) is 0.261. The lowest BCUT2D eigenvalue weighted by Crippen LogP contribution is -2.37. The Kier molecular flexibility index (Phi) is 6.44. The third-order valence-corrected chi connectivity index (χ3v) is 8.64. The van der Waals surface area contributed by atoms with Crippen molar-refractivity contribution in [3.63, 3.8) is 0 Å². The van der Waals surface area contributed by atoms with Crippen LogP contribution in [0.4, 0.5) is 17.1 Å². The van der Waals surface area contributed by atoms with Gasteiger partial charge in [-0.1, -0.05) is 30.0 Å². The van der Waals surface area contributed by atoms with Crippen LogP contribution in [0.25, 0.3) is 0 Å². The molecule has 0 aromatic heterocycles. The number of nitrogens with one attached hydrogen (secondary N) is 1. The van der Waals surface area contributed by atoms with E-state index < -0.39 is 15.7 Å². The zero-order valence-electron chi connectivity index (χ0n) is 18.2. The van der Waals surface area contributed by atoms with Crippen molar-refractivity contribution in [1.82, 2.24) is 0 Å². The number of fused-ring (bicyclic) bond motifs is 1. The normalized spacial score (nSPS) is 22.6. The standard InChI is InChI=1S/C23H23N5O3S2/c1-27(2)18-8-10-19(11-9-18)28-20-14-33(30,31)15-21(20)32-23(28)25-13-16(12-24)22(29)26-17-6-4-3-5-7-17/h3-11,13,20-21H,14-15H2,1-2H3,(H,26,29)/b16-13+,25-23?/t20-,21+/m0/s1. The fourth-order valence-corrected chi connectivity index (χ4v) is 7.66. The number of benzene rings is 2. The van der Waals surface area contributed by atoms with Gasteiger partial charge in [0.15, 0.2) is 15.0 Å². The SMILES string of the molecule is CN(C)c1ccc(N2C(=N/C=C(\C#N)C(=O)Nc3ccccc3)S[C@@H]3CS(=O)(=O)C[C@@H]32)cc1. The number of amides is 1. The van der Waals surface area contributed by atoms with E-state index >= 15 is 0 Å². The van der Waals surface area contributed by atoms with Gasteiger partial charge in [0.05, 0.1) is 23.7 Å². The van der Waals surface area contributed by atoms with E-state index in [-0.39, 0.29) is 28.4 Å². The van der Waals surface area contributed by atoms with Crippen LogP contribution in [-0.2, 0) is 14.6 Å². The Morgan fingerprint density at radius 2 is 1.88 bits per heavy atom. The Bertz CT molecular complexity index is 1250. The number of hydrogen-bond donors (Lipinski definition) is 1. The molecular weight excluding hydrogens is 458 g/mol. The van der Waals surface area contributed by atoms with Crippen molar-refractivity contribution in [2.75, 3.05) is 40.7 Å². The molecule has 0 bridgehead atoms. The highest BCUT2D eigenvalue weighted by molar-refractivity contribution is 8.16. The van der Waals surface area contributed by atoms with Crippen LogP contribution in [-0.4, -0.2) is 56.4 Å². The molecule has 2 saturated heterocycles. The Morgan fingerprint density at radius 1 is 1.18 bits per heavy atom. The molecule has 1 amide bonds. The van der Waals surface area contributed by atoms with Gasteiger partial charge in [0, 0.05) is 36.4 Å². The maximum absolute atomic E-state index is 12.5. The smallest absolute Gasteiger partial charge is 0.267 e. The van der Waals surface area contributed by atoms with E-state index in [0.717, 1.165) is 11.4 Å². The van der Waals surface area contributed by atoms with E-state index in [4.69, 9.17) is 0 Å². The minimum absolute atomic E-state index is 0.0441. The summed E-state index contributed by atoms with van der Waals surface area (Å²) in [5.74, 6) is -0.431. The zero-order chi connectivity index (χ0) is 23.6. The lowest BCUT2D eigenvalue weighted by molar-refractivity contribution is -0.112. The summed E-state index contributed by atoms with van der Waals surface area (Å²) in [6, 6.07) is 18.3. The minimum Gasteiger partial charge on any atom is -0.378 e. The van der Waals surface area contributed by atoms with Gasteiger partial charge >= 0.3 is 0 Å². The highest BCUT2D eigenvalue weighted by Crippen LogP contribution is 2.41. The predicted octanol–water partition coefficient (Wildman–Crippen LogP) is 2.87. The van der Waals surface area contributed by atoms with Crippen LogP contribution in [0.1, 0.15) is 0 Å². The van der Waals surface area contributed by atoms with Crippen LogP contribution < -0.4 is 15.1 Å². The van der Waals surface area contributed by atoms with Crippen LogP contribution >= 0.6 is 11.8 Å². The summed E-state index contributed by atoms with van der Waals surface area (Å²) < 4.78 is 24.5. The highest BCUT2D eigenvalue weighted by Gasteiger charge is 2.49. The summed E-state index contributed by atoms with van der Waals surface area (Å²) in [5.41, 5.74) is 2.27. The van der Waals surface area contributed by atoms with Gasteiger partial charge in [0.25, 0.3) is 5.91 Å². The second-order valence-corrected chi connectivity index (χ2v) is 11.3. The lowest BCUT2D eigenvalue weighted by Gasteiger charge is -2.25. The number of aliphatic imine (C=N–C) groups is 1. The van der Waals surface area contributed by atoms with E-state index in [0.29, 0.717) is 10.9 Å². The first-order chi connectivity index (χ1) is 15.8. The predicted molar refractivity (Wildman–Crippen MR) is 133 cm³/mol. The molecule has 2 fully saturated rings. The third kappa shape index (κ3) is 5.05. The minimum atomic E-state index is -3.13. The maximum atomic E-state index is 12.5. The molecule has 2 aliphatic heterocycles. The molecule has 33 heavy (non-hydrogen) atoms. The molecule has 2 aliphatic rings. The van der Waals surface area contributed by atoms with Crippen LogP contribution in [0.5, 0.6) is 0 Å². The first-order valence-electron chi connectivity index (χ1n) is 10.3. The topological polar surface area (TPSA) is 106 Å². The van der Waals surface area contributed by atoms with E-state index in [1.165, 1.54) is 18.0 Å². The van der Waals surface area contributed by atoms with Crippen molar-refractivity contribution in [1.29, 1.82) is 5.26 Å².